The summed E-state index contributed by atoms with van der Waals surface area (Å²) in [5.41, 5.74) is 2.07. The molecule has 0 amide bonds. The predicted molar refractivity (Wildman–Crippen MR) is 91.6 cm³/mol. The van der Waals surface area contributed by atoms with E-state index in [0.717, 1.165) is 36.7 Å². The van der Waals surface area contributed by atoms with Crippen LogP contribution in [0.3, 0.4) is 0 Å². The van der Waals surface area contributed by atoms with Gasteiger partial charge < -0.3 is 18.7 Å². The molecule has 0 unspecified atom stereocenters. The summed E-state index contributed by atoms with van der Waals surface area (Å²) in [4.78, 5) is 2.31. The molecule has 2 aliphatic heterocycles. The zero-order valence-corrected chi connectivity index (χ0v) is 15.0. The molecule has 0 aliphatic carbocycles. The topological polar surface area (TPSA) is 57.0 Å². The molecule has 1 aromatic heterocycles. The summed E-state index contributed by atoms with van der Waals surface area (Å²) in [5.74, 6) is 1.21. The maximum atomic E-state index is 13.0. The number of likely N-dealkylation sites (tertiary alicyclic amines) is 1. The van der Waals surface area contributed by atoms with E-state index in [9.17, 15) is 4.39 Å². The fourth-order valence-electron chi connectivity index (χ4n) is 3.50. The number of hydrogen-bond donors (Lipinski definition) is 0. The first-order chi connectivity index (χ1) is 12.6. The maximum Gasteiger partial charge on any atom is 0.145 e. The molecule has 0 bridgehead atoms. The maximum absolute atomic E-state index is 13.0. The van der Waals surface area contributed by atoms with Crippen LogP contribution in [-0.2, 0) is 16.0 Å². The lowest BCUT2D eigenvalue weighted by atomic mass is 10.2. The number of nitrogens with zero attached hydrogens (tertiary/aromatic N) is 2. The number of ether oxygens (including phenoxy) is 3. The van der Waals surface area contributed by atoms with Crippen molar-refractivity contribution in [2.45, 2.75) is 38.7 Å². The molecule has 4 rings (SSSR count). The molecule has 0 N–H and O–H groups in total. The van der Waals surface area contributed by atoms with Gasteiger partial charge >= 0.3 is 0 Å². The van der Waals surface area contributed by atoms with Gasteiger partial charge in [-0.05, 0) is 38.1 Å². The highest BCUT2D eigenvalue weighted by Crippen LogP contribution is 2.25. The summed E-state index contributed by atoms with van der Waals surface area (Å²) in [6.45, 7) is 7.21. The van der Waals surface area contributed by atoms with Crippen LogP contribution in [0, 0.1) is 19.7 Å². The lowest BCUT2D eigenvalue weighted by molar-refractivity contribution is -0.00461. The Morgan fingerprint density at radius 2 is 1.77 bits per heavy atom. The van der Waals surface area contributed by atoms with Crippen LogP contribution in [0.2, 0.25) is 0 Å². The van der Waals surface area contributed by atoms with Crippen molar-refractivity contribution in [2.24, 2.45) is 0 Å². The Bertz CT molecular complexity index is 713. The largest absolute Gasteiger partial charge is 0.486 e. The van der Waals surface area contributed by atoms with Gasteiger partial charge in [0.15, 0.2) is 0 Å². The second-order valence-corrected chi connectivity index (χ2v) is 6.93. The highest BCUT2D eigenvalue weighted by Gasteiger charge is 2.38. The molecule has 2 fully saturated rings. The number of aryl methyl sites for hydroxylation is 2. The average molecular weight is 362 g/mol. The Hall–Kier alpha value is -1.96. The van der Waals surface area contributed by atoms with E-state index >= 15 is 0 Å². The van der Waals surface area contributed by atoms with Crippen LogP contribution in [0.1, 0.15) is 17.0 Å². The molecule has 2 saturated heterocycles. The number of benzene rings is 1. The second-order valence-electron chi connectivity index (χ2n) is 6.93. The molecule has 2 atom stereocenters. The van der Waals surface area contributed by atoms with Crippen molar-refractivity contribution in [1.82, 2.24) is 10.1 Å². The Morgan fingerprint density at radius 1 is 1.12 bits per heavy atom. The SMILES string of the molecule is Cc1noc(C)c1CN1C[C@@H]2OCC(Oc3ccc(F)cc3)CO[C@H]2C1. The third-order valence-electron chi connectivity index (χ3n) is 4.96. The van der Waals surface area contributed by atoms with Crippen LogP contribution in [0.4, 0.5) is 4.39 Å². The average Bonchev–Trinajstić information content (AvgIpc) is 3.10. The molecule has 26 heavy (non-hydrogen) atoms. The number of aromatic nitrogens is 1. The number of rotatable bonds is 4. The third kappa shape index (κ3) is 3.75. The lowest BCUT2D eigenvalue weighted by Crippen LogP contribution is -2.29. The molecule has 2 aromatic rings. The first-order valence-corrected chi connectivity index (χ1v) is 8.88. The van der Waals surface area contributed by atoms with Gasteiger partial charge in [-0.2, -0.15) is 0 Å². The minimum absolute atomic E-state index is 0.0253. The first-order valence-electron chi connectivity index (χ1n) is 8.88. The molecule has 0 saturated carbocycles. The number of halogens is 1. The minimum atomic E-state index is -0.279. The molecule has 2 aliphatic rings. The van der Waals surface area contributed by atoms with Gasteiger partial charge in [0.1, 0.15) is 23.4 Å². The van der Waals surface area contributed by atoms with E-state index < -0.39 is 0 Å². The van der Waals surface area contributed by atoms with Gasteiger partial charge in [-0.1, -0.05) is 5.16 Å². The van der Waals surface area contributed by atoms with Crippen molar-refractivity contribution in [3.63, 3.8) is 0 Å². The number of hydrogen-bond acceptors (Lipinski definition) is 6. The first kappa shape index (κ1) is 17.5. The van der Waals surface area contributed by atoms with Crippen LogP contribution in [0.5, 0.6) is 5.75 Å². The van der Waals surface area contributed by atoms with Crippen molar-refractivity contribution in [3.8, 4) is 5.75 Å². The van der Waals surface area contributed by atoms with Crippen molar-refractivity contribution >= 4 is 0 Å². The van der Waals surface area contributed by atoms with E-state index in [4.69, 9.17) is 18.7 Å². The van der Waals surface area contributed by atoms with E-state index in [1.54, 1.807) is 12.1 Å². The van der Waals surface area contributed by atoms with Gasteiger partial charge in [0.2, 0.25) is 0 Å². The monoisotopic (exact) mass is 362 g/mol. The van der Waals surface area contributed by atoms with Gasteiger partial charge in [0.25, 0.3) is 0 Å². The van der Waals surface area contributed by atoms with Gasteiger partial charge in [0.05, 0.1) is 31.1 Å². The molecule has 7 heteroatoms. The van der Waals surface area contributed by atoms with Crippen LogP contribution in [0.15, 0.2) is 28.8 Å². The lowest BCUT2D eigenvalue weighted by Gasteiger charge is -2.19. The van der Waals surface area contributed by atoms with Crippen LogP contribution >= 0.6 is 0 Å². The highest BCUT2D eigenvalue weighted by atomic mass is 19.1. The summed E-state index contributed by atoms with van der Waals surface area (Å²) < 4.78 is 36.2. The Kier molecular flexibility index (Phi) is 4.93. The summed E-state index contributed by atoms with van der Waals surface area (Å²) in [7, 11) is 0. The normalized spacial score (nSPS) is 24.4. The predicted octanol–water partition coefficient (Wildman–Crippen LogP) is 2.48. The summed E-state index contributed by atoms with van der Waals surface area (Å²) in [6.07, 6.45) is -0.142. The zero-order chi connectivity index (χ0) is 18.1. The second kappa shape index (κ2) is 7.34. The Balaban J connectivity index is 1.32. The summed E-state index contributed by atoms with van der Waals surface area (Å²) >= 11 is 0. The molecule has 140 valence electrons. The fraction of sp³-hybridized carbons (Fsp3) is 0.526. The Morgan fingerprint density at radius 3 is 2.35 bits per heavy atom. The summed E-state index contributed by atoms with van der Waals surface area (Å²) in [5, 5.41) is 4.01. The van der Waals surface area contributed by atoms with Crippen molar-refractivity contribution in [1.29, 1.82) is 0 Å². The van der Waals surface area contributed by atoms with E-state index in [0.29, 0.717) is 19.0 Å². The Labute approximate surface area is 151 Å². The van der Waals surface area contributed by atoms with Crippen molar-refractivity contribution < 1.29 is 23.1 Å². The van der Waals surface area contributed by atoms with Crippen molar-refractivity contribution in [3.05, 3.63) is 47.1 Å². The van der Waals surface area contributed by atoms with Crippen LogP contribution < -0.4 is 4.74 Å². The number of fused-ring (bicyclic) bond motifs is 1. The fourth-order valence-corrected chi connectivity index (χ4v) is 3.50. The van der Waals surface area contributed by atoms with E-state index in [-0.39, 0.29) is 24.1 Å². The highest BCUT2D eigenvalue weighted by molar-refractivity contribution is 5.22. The van der Waals surface area contributed by atoms with Gasteiger partial charge in [-0.3, -0.25) is 4.90 Å². The quantitative estimate of drug-likeness (QED) is 0.833. The van der Waals surface area contributed by atoms with Gasteiger partial charge in [-0.15, -0.1) is 0 Å². The van der Waals surface area contributed by atoms with Gasteiger partial charge in [0, 0.05) is 25.2 Å². The van der Waals surface area contributed by atoms with E-state index in [1.807, 2.05) is 13.8 Å². The van der Waals surface area contributed by atoms with Crippen LogP contribution in [-0.4, -0.2) is 54.7 Å². The standard InChI is InChI=1S/C19H23FN2O4/c1-12-17(13(2)26-21-12)7-22-8-18-19(9-22)24-11-16(10-23-18)25-15-5-3-14(20)4-6-15/h3-6,16,18-19H,7-11H2,1-2H3/t18-,19-/m0/s1. The van der Waals surface area contributed by atoms with Crippen molar-refractivity contribution in [2.75, 3.05) is 26.3 Å². The minimum Gasteiger partial charge on any atom is -0.486 e. The molecule has 6 nitrogen and oxygen atoms in total. The smallest absolute Gasteiger partial charge is 0.145 e. The third-order valence-corrected chi connectivity index (χ3v) is 4.96. The molecular formula is C19H23FN2O4. The molecule has 0 spiro atoms. The molecule has 0 radical (unpaired) electrons. The molecule has 3 heterocycles. The van der Waals surface area contributed by atoms with E-state index in [1.165, 1.54) is 12.1 Å². The van der Waals surface area contributed by atoms with E-state index in [2.05, 4.69) is 10.1 Å². The molecular weight excluding hydrogens is 339 g/mol. The zero-order valence-electron chi connectivity index (χ0n) is 15.0. The molecule has 1 aromatic carbocycles. The summed E-state index contributed by atoms with van der Waals surface area (Å²) in [6, 6.07) is 6.00. The van der Waals surface area contributed by atoms with Crippen LogP contribution in [0.25, 0.3) is 0 Å². The van der Waals surface area contributed by atoms with Gasteiger partial charge in [-0.25, -0.2) is 4.39 Å².